The second-order valence-corrected chi connectivity index (χ2v) is 8.17. The van der Waals surface area contributed by atoms with Crippen molar-refractivity contribution >= 4 is 34.0 Å². The first-order valence-electron chi connectivity index (χ1n) is 11.2. The lowest BCUT2D eigenvalue weighted by molar-refractivity contribution is 0.122. The molecular formula is C25H26N8O. The lowest BCUT2D eigenvalue weighted by Crippen LogP contribution is -2.36. The maximum Gasteiger partial charge on any atom is 0.156 e. The molecule has 2 aromatic carbocycles. The Morgan fingerprint density at radius 3 is 2.62 bits per heavy atom. The summed E-state index contributed by atoms with van der Waals surface area (Å²) in [7, 11) is 1.96. The predicted octanol–water partition coefficient (Wildman–Crippen LogP) is 3.85. The van der Waals surface area contributed by atoms with Crippen LogP contribution in [0, 0.1) is 18.3 Å². The number of ether oxygens (including phenoxy) is 1. The highest BCUT2D eigenvalue weighted by molar-refractivity contribution is 5.94. The fourth-order valence-electron chi connectivity index (χ4n) is 4.14. The topological polar surface area (TPSA) is 104 Å². The molecule has 0 aliphatic carbocycles. The molecule has 1 fully saturated rings. The van der Waals surface area contributed by atoms with Gasteiger partial charge in [-0.15, -0.1) is 0 Å². The van der Waals surface area contributed by atoms with Crippen molar-refractivity contribution in [1.29, 1.82) is 5.26 Å². The molecule has 0 amide bonds. The van der Waals surface area contributed by atoms with Crippen molar-refractivity contribution in [2.75, 3.05) is 48.4 Å². The van der Waals surface area contributed by atoms with Crippen LogP contribution in [0.1, 0.15) is 5.69 Å². The quantitative estimate of drug-likeness (QED) is 0.424. The van der Waals surface area contributed by atoms with Crippen LogP contribution in [-0.4, -0.2) is 52.4 Å². The zero-order valence-electron chi connectivity index (χ0n) is 19.2. The normalized spacial score (nSPS) is 13.6. The summed E-state index contributed by atoms with van der Waals surface area (Å²) in [5.41, 5.74) is 6.24. The molecule has 34 heavy (non-hydrogen) atoms. The summed E-state index contributed by atoms with van der Waals surface area (Å²) in [5.74, 6) is 1.18. The average molecular weight is 455 g/mol. The maximum absolute atomic E-state index is 9.15. The molecule has 0 spiro atoms. The van der Waals surface area contributed by atoms with Gasteiger partial charge in [-0.1, -0.05) is 12.1 Å². The van der Waals surface area contributed by atoms with E-state index in [9.17, 15) is 0 Å². The van der Waals surface area contributed by atoms with Gasteiger partial charge in [0, 0.05) is 37.1 Å². The summed E-state index contributed by atoms with van der Waals surface area (Å²) in [5, 5.41) is 15.6. The van der Waals surface area contributed by atoms with Crippen LogP contribution in [-0.2, 0) is 11.8 Å². The van der Waals surface area contributed by atoms with E-state index in [1.165, 1.54) is 5.69 Å². The van der Waals surface area contributed by atoms with Crippen molar-refractivity contribution < 1.29 is 4.74 Å². The Morgan fingerprint density at radius 2 is 1.85 bits per heavy atom. The van der Waals surface area contributed by atoms with Crippen molar-refractivity contribution in [1.82, 2.24) is 19.5 Å². The second-order valence-electron chi connectivity index (χ2n) is 8.17. The Balaban J connectivity index is 1.47. The number of aryl methyl sites for hydroxylation is 2. The Morgan fingerprint density at radius 1 is 1.06 bits per heavy atom. The number of anilines is 4. The van der Waals surface area contributed by atoms with Crippen molar-refractivity contribution in [3.8, 4) is 17.3 Å². The maximum atomic E-state index is 9.15. The number of hydrogen-bond acceptors (Lipinski definition) is 8. The number of morpholine rings is 1. The number of aromatic nitrogens is 4. The van der Waals surface area contributed by atoms with Gasteiger partial charge < -0.3 is 24.8 Å². The number of nitrogens with zero attached hydrogens (tertiary/aromatic N) is 6. The highest BCUT2D eigenvalue weighted by atomic mass is 16.5. The van der Waals surface area contributed by atoms with E-state index in [1.807, 2.05) is 48.9 Å². The highest BCUT2D eigenvalue weighted by Gasteiger charge is 2.17. The first-order valence-corrected chi connectivity index (χ1v) is 11.2. The summed E-state index contributed by atoms with van der Waals surface area (Å²) in [6, 6.07) is 16.4. The Kier molecular flexibility index (Phi) is 5.97. The molecule has 1 aliphatic rings. The van der Waals surface area contributed by atoms with Crippen LogP contribution in [0.2, 0.25) is 0 Å². The van der Waals surface area contributed by atoms with Gasteiger partial charge >= 0.3 is 0 Å². The van der Waals surface area contributed by atoms with Gasteiger partial charge in [-0.05, 0) is 37.3 Å². The van der Waals surface area contributed by atoms with E-state index < -0.39 is 0 Å². The average Bonchev–Trinajstić information content (AvgIpc) is 3.26. The molecule has 3 heterocycles. The second kappa shape index (κ2) is 9.37. The van der Waals surface area contributed by atoms with Crippen molar-refractivity contribution in [2.45, 2.75) is 6.92 Å². The summed E-state index contributed by atoms with van der Waals surface area (Å²) >= 11 is 0. The third-order valence-corrected chi connectivity index (χ3v) is 5.92. The standard InChI is InChI=1S/C25H26N8O/c1-17-24(30-18-6-8-19(9-7-18)33-12-14-34-15-13-33)31-25(27-11-10-26)23(29-17)20-4-3-5-21-22(20)28-16-32(21)2/h3-9,16H,11-15H2,1-2H3,(H2,27,30,31). The Bertz CT molecular complexity index is 1350. The molecule has 2 N–H and O–H groups in total. The van der Waals surface area contributed by atoms with E-state index in [0.717, 1.165) is 54.3 Å². The third-order valence-electron chi connectivity index (χ3n) is 5.92. The van der Waals surface area contributed by atoms with Crippen LogP contribution in [0.15, 0.2) is 48.8 Å². The molecule has 0 saturated carbocycles. The van der Waals surface area contributed by atoms with Gasteiger partial charge in [0.05, 0.1) is 42.3 Å². The molecule has 9 heteroatoms. The summed E-state index contributed by atoms with van der Waals surface area (Å²) in [6.07, 6.45) is 1.79. The van der Waals surface area contributed by atoms with Gasteiger partial charge in [-0.25, -0.2) is 15.0 Å². The zero-order chi connectivity index (χ0) is 23.5. The molecular weight excluding hydrogens is 428 g/mol. The van der Waals surface area contributed by atoms with E-state index in [-0.39, 0.29) is 6.54 Å². The van der Waals surface area contributed by atoms with Gasteiger partial charge in [-0.2, -0.15) is 5.26 Å². The van der Waals surface area contributed by atoms with Crippen LogP contribution in [0.5, 0.6) is 0 Å². The minimum absolute atomic E-state index is 0.122. The van der Waals surface area contributed by atoms with E-state index in [2.05, 4.69) is 38.7 Å². The molecule has 5 rings (SSSR count). The van der Waals surface area contributed by atoms with E-state index in [1.54, 1.807) is 6.33 Å². The van der Waals surface area contributed by atoms with Crippen molar-refractivity contribution in [3.05, 3.63) is 54.5 Å². The Labute approximate surface area is 198 Å². The van der Waals surface area contributed by atoms with Crippen LogP contribution in [0.25, 0.3) is 22.3 Å². The zero-order valence-corrected chi connectivity index (χ0v) is 19.2. The van der Waals surface area contributed by atoms with E-state index in [0.29, 0.717) is 17.3 Å². The summed E-state index contributed by atoms with van der Waals surface area (Å²) in [4.78, 5) is 16.6. The molecule has 172 valence electrons. The fourth-order valence-corrected chi connectivity index (χ4v) is 4.14. The predicted molar refractivity (Wildman–Crippen MR) is 133 cm³/mol. The Hall–Kier alpha value is -4.16. The molecule has 9 nitrogen and oxygen atoms in total. The van der Waals surface area contributed by atoms with Gasteiger partial charge in [0.25, 0.3) is 0 Å². The molecule has 1 aliphatic heterocycles. The number of benzene rings is 2. The lowest BCUT2D eigenvalue weighted by Gasteiger charge is -2.29. The minimum Gasteiger partial charge on any atom is -0.378 e. The largest absolute Gasteiger partial charge is 0.378 e. The molecule has 0 bridgehead atoms. The van der Waals surface area contributed by atoms with Gasteiger partial charge in [0.15, 0.2) is 11.6 Å². The monoisotopic (exact) mass is 454 g/mol. The van der Waals surface area contributed by atoms with Crippen LogP contribution in [0.4, 0.5) is 23.0 Å². The van der Waals surface area contributed by atoms with Crippen molar-refractivity contribution in [3.63, 3.8) is 0 Å². The number of nitriles is 1. The highest BCUT2D eigenvalue weighted by Crippen LogP contribution is 2.33. The van der Waals surface area contributed by atoms with E-state index >= 15 is 0 Å². The number of fused-ring (bicyclic) bond motifs is 1. The lowest BCUT2D eigenvalue weighted by atomic mass is 10.1. The van der Waals surface area contributed by atoms with Gasteiger partial charge in [0.1, 0.15) is 12.2 Å². The van der Waals surface area contributed by atoms with Crippen LogP contribution in [0.3, 0.4) is 0 Å². The molecule has 0 atom stereocenters. The molecule has 0 unspecified atom stereocenters. The summed E-state index contributed by atoms with van der Waals surface area (Å²) in [6.45, 7) is 5.35. The fraction of sp³-hybridized carbons (Fsp3) is 0.280. The third kappa shape index (κ3) is 4.23. The molecule has 4 aromatic rings. The number of para-hydroxylation sites is 1. The molecule has 0 radical (unpaired) electrons. The van der Waals surface area contributed by atoms with Crippen LogP contribution >= 0.6 is 0 Å². The van der Waals surface area contributed by atoms with Crippen molar-refractivity contribution in [2.24, 2.45) is 7.05 Å². The number of hydrogen-bond donors (Lipinski definition) is 2. The first-order chi connectivity index (χ1) is 16.6. The summed E-state index contributed by atoms with van der Waals surface area (Å²) < 4.78 is 7.41. The van der Waals surface area contributed by atoms with Gasteiger partial charge in [-0.3, -0.25) is 0 Å². The number of nitrogens with one attached hydrogen (secondary N) is 2. The smallest absolute Gasteiger partial charge is 0.156 e. The molecule has 1 saturated heterocycles. The number of imidazole rings is 1. The molecule has 2 aromatic heterocycles. The first kappa shape index (κ1) is 21.7. The van der Waals surface area contributed by atoms with E-state index in [4.69, 9.17) is 20.0 Å². The SMILES string of the molecule is Cc1nc(-c2cccc3c2ncn3C)c(NCC#N)nc1Nc1ccc(N2CCOCC2)cc1. The number of rotatable bonds is 6. The minimum atomic E-state index is 0.122. The van der Waals surface area contributed by atoms with Gasteiger partial charge in [0.2, 0.25) is 0 Å². The van der Waals surface area contributed by atoms with Crippen LogP contribution < -0.4 is 15.5 Å².